The van der Waals surface area contributed by atoms with Gasteiger partial charge in [0.15, 0.2) is 0 Å². The van der Waals surface area contributed by atoms with Crippen LogP contribution in [0.4, 0.5) is 20.3 Å². The first kappa shape index (κ1) is 29.2. The van der Waals surface area contributed by atoms with Gasteiger partial charge in [-0.05, 0) is 42.8 Å². The van der Waals surface area contributed by atoms with Gasteiger partial charge >= 0.3 is 0 Å². The molecule has 2 aromatic heterocycles. The van der Waals surface area contributed by atoms with Gasteiger partial charge in [-0.3, -0.25) is 29.3 Å². The maximum absolute atomic E-state index is 14.4. The molecule has 44 heavy (non-hydrogen) atoms. The van der Waals surface area contributed by atoms with Crippen molar-refractivity contribution < 1.29 is 23.2 Å². The van der Waals surface area contributed by atoms with E-state index >= 15 is 0 Å². The number of hydrogen-bond donors (Lipinski definition) is 2. The number of amides is 3. The van der Waals surface area contributed by atoms with Crippen molar-refractivity contribution in [2.45, 2.75) is 56.2 Å². The predicted octanol–water partition coefficient (Wildman–Crippen LogP) is 5.06. The topological polar surface area (TPSA) is 135 Å². The van der Waals surface area contributed by atoms with Crippen molar-refractivity contribution in [1.29, 1.82) is 5.26 Å². The second kappa shape index (κ2) is 11.7. The molecular formula is C31H26ClF2N7O3. The van der Waals surface area contributed by atoms with E-state index in [4.69, 9.17) is 11.6 Å². The molecule has 0 unspecified atom stereocenters. The lowest BCUT2D eigenvalue weighted by atomic mass is 9.87. The first-order chi connectivity index (χ1) is 21.1. The van der Waals surface area contributed by atoms with E-state index < -0.39 is 48.7 Å². The van der Waals surface area contributed by atoms with Crippen molar-refractivity contribution in [3.63, 3.8) is 0 Å². The number of nitrogens with one attached hydrogen (secondary N) is 2. The number of fused-ring (bicyclic) bond motifs is 1. The van der Waals surface area contributed by atoms with Gasteiger partial charge in [-0.2, -0.15) is 10.4 Å². The quantitative estimate of drug-likeness (QED) is 0.284. The number of carbonyl (C=O) groups is 3. The molecule has 0 bridgehead atoms. The smallest absolute Gasteiger partial charge is 0.252 e. The third-order valence-corrected chi connectivity index (χ3v) is 8.32. The number of pyridine rings is 1. The number of nitriles is 1. The number of aromatic amines is 1. The monoisotopic (exact) mass is 617 g/mol. The van der Waals surface area contributed by atoms with Gasteiger partial charge in [0.1, 0.15) is 11.9 Å². The van der Waals surface area contributed by atoms with E-state index in [2.05, 4.69) is 20.5 Å². The molecule has 3 heterocycles. The van der Waals surface area contributed by atoms with E-state index in [1.54, 1.807) is 48.7 Å². The second-order valence-corrected chi connectivity index (χ2v) is 11.4. The summed E-state index contributed by atoms with van der Waals surface area (Å²) in [5.41, 5.74) is 1.56. The first-order valence-corrected chi connectivity index (χ1v) is 14.4. The molecule has 2 aliphatic rings. The van der Waals surface area contributed by atoms with E-state index in [1.165, 1.54) is 28.1 Å². The van der Waals surface area contributed by atoms with Crippen molar-refractivity contribution in [2.24, 2.45) is 0 Å². The Balaban J connectivity index is 1.40. The van der Waals surface area contributed by atoms with E-state index in [0.717, 1.165) is 5.39 Å². The number of hydrogen-bond acceptors (Lipinski definition) is 6. The van der Waals surface area contributed by atoms with Gasteiger partial charge in [-0.15, -0.1) is 0 Å². The van der Waals surface area contributed by atoms with Crippen LogP contribution in [0.25, 0.3) is 10.9 Å². The molecular weight excluding hydrogens is 592 g/mol. The van der Waals surface area contributed by atoms with Gasteiger partial charge in [0.2, 0.25) is 17.7 Å². The van der Waals surface area contributed by atoms with Crippen molar-refractivity contribution in [3.05, 3.63) is 83.1 Å². The average molecular weight is 618 g/mol. The third kappa shape index (κ3) is 5.70. The van der Waals surface area contributed by atoms with Crippen LogP contribution in [0.5, 0.6) is 0 Å². The molecule has 1 aliphatic carbocycles. The predicted molar refractivity (Wildman–Crippen MR) is 158 cm³/mol. The van der Waals surface area contributed by atoms with Gasteiger partial charge in [-0.1, -0.05) is 29.8 Å². The summed E-state index contributed by atoms with van der Waals surface area (Å²) in [6.45, 7) is 0. The highest BCUT2D eigenvalue weighted by atomic mass is 35.5. The molecule has 2 atom stereocenters. The van der Waals surface area contributed by atoms with Crippen LogP contribution in [0.3, 0.4) is 0 Å². The summed E-state index contributed by atoms with van der Waals surface area (Å²) < 4.78 is 27.4. The Morgan fingerprint density at radius 1 is 1.20 bits per heavy atom. The van der Waals surface area contributed by atoms with Crippen LogP contribution in [-0.2, 0) is 14.4 Å². The molecule has 4 aromatic rings. The van der Waals surface area contributed by atoms with Crippen molar-refractivity contribution in [1.82, 2.24) is 20.5 Å². The summed E-state index contributed by atoms with van der Waals surface area (Å²) in [7, 11) is 0. The molecule has 2 fully saturated rings. The summed E-state index contributed by atoms with van der Waals surface area (Å²) in [4.78, 5) is 48.3. The number of alkyl halides is 2. The van der Waals surface area contributed by atoms with Gasteiger partial charge in [0.25, 0.3) is 5.92 Å². The standard InChI is InChI=1S/C31H26ClF2N7O3/c32-24-4-2-1-3-23(24)29(30(44)38-20-14-31(33,34)15-20)41(21-6-5-19-17-37-39-25(19)12-21)28(43)13-22-7-8-27(42)40(22)26-11-18(16-35)9-10-36-26/h1-6,9-12,17,20,22,29H,7-8,13-15H2,(H,37,39)(H,38,44)/t22-,29-/m0/s1. The molecule has 0 radical (unpaired) electrons. The zero-order valence-electron chi connectivity index (χ0n) is 23.2. The van der Waals surface area contributed by atoms with E-state index in [9.17, 15) is 28.4 Å². The number of anilines is 2. The number of aromatic nitrogens is 3. The molecule has 2 N–H and O–H groups in total. The van der Waals surface area contributed by atoms with Crippen molar-refractivity contribution in [3.8, 4) is 6.07 Å². The maximum atomic E-state index is 14.4. The van der Waals surface area contributed by atoms with Crippen molar-refractivity contribution in [2.75, 3.05) is 9.80 Å². The third-order valence-electron chi connectivity index (χ3n) is 7.97. The Bertz CT molecular complexity index is 1800. The zero-order chi connectivity index (χ0) is 31.0. The fourth-order valence-corrected chi connectivity index (χ4v) is 6.06. The minimum absolute atomic E-state index is 0.167. The summed E-state index contributed by atoms with van der Waals surface area (Å²) in [6, 6.07) is 14.0. The summed E-state index contributed by atoms with van der Waals surface area (Å²) in [5.74, 6) is -4.04. The number of nitrogens with zero attached hydrogens (tertiary/aromatic N) is 5. The number of halogens is 3. The molecule has 0 spiro atoms. The lowest BCUT2D eigenvalue weighted by Crippen LogP contribution is -2.54. The molecule has 1 saturated heterocycles. The van der Waals surface area contributed by atoms with Gasteiger partial charge in [0, 0.05) is 65.6 Å². The number of H-pyrrole nitrogens is 1. The van der Waals surface area contributed by atoms with Crippen molar-refractivity contribution >= 4 is 51.7 Å². The van der Waals surface area contributed by atoms with Crippen LogP contribution >= 0.6 is 11.6 Å². The van der Waals surface area contributed by atoms with E-state index in [1.807, 2.05) is 6.07 Å². The molecule has 1 saturated carbocycles. The lowest BCUT2D eigenvalue weighted by molar-refractivity contribution is -0.133. The SMILES string of the molecule is N#Cc1ccnc(N2C(=O)CC[C@H]2CC(=O)N(c2ccc3cn[nH]c3c2)[C@H](C(=O)NC2CC(F)(F)C2)c2ccccc2Cl)c1. The normalized spacial score (nSPS) is 18.5. The molecule has 224 valence electrons. The van der Waals surface area contributed by atoms with Gasteiger partial charge in [0.05, 0.1) is 23.3 Å². The molecule has 2 aromatic carbocycles. The van der Waals surface area contributed by atoms with E-state index in [0.29, 0.717) is 28.8 Å². The first-order valence-electron chi connectivity index (χ1n) is 14.0. The Kier molecular flexibility index (Phi) is 7.73. The fraction of sp³-hybridized carbons (Fsp3) is 0.290. The number of benzene rings is 2. The summed E-state index contributed by atoms with van der Waals surface area (Å²) in [6.07, 6.45) is 2.35. The Morgan fingerprint density at radius 3 is 2.75 bits per heavy atom. The molecule has 13 heteroatoms. The number of rotatable bonds is 8. The zero-order valence-corrected chi connectivity index (χ0v) is 24.0. The molecule has 1 aliphatic heterocycles. The molecule has 6 rings (SSSR count). The highest BCUT2D eigenvalue weighted by molar-refractivity contribution is 6.31. The van der Waals surface area contributed by atoms with Gasteiger partial charge in [-0.25, -0.2) is 13.8 Å². The van der Waals surface area contributed by atoms with Crippen LogP contribution in [0.15, 0.2) is 67.0 Å². The number of carbonyl (C=O) groups excluding carboxylic acids is 3. The van der Waals surface area contributed by atoms with Crippen LogP contribution < -0.4 is 15.1 Å². The Labute approximate surface area is 255 Å². The summed E-state index contributed by atoms with van der Waals surface area (Å²) >= 11 is 6.59. The Morgan fingerprint density at radius 2 is 2.00 bits per heavy atom. The highest BCUT2D eigenvalue weighted by Gasteiger charge is 2.47. The highest BCUT2D eigenvalue weighted by Crippen LogP contribution is 2.39. The fourth-order valence-electron chi connectivity index (χ4n) is 5.82. The minimum Gasteiger partial charge on any atom is -0.351 e. The summed E-state index contributed by atoms with van der Waals surface area (Å²) in [5, 5.41) is 19.9. The lowest BCUT2D eigenvalue weighted by Gasteiger charge is -2.38. The van der Waals surface area contributed by atoms with Crippen LogP contribution in [0, 0.1) is 11.3 Å². The Hall–Kier alpha value is -4.89. The minimum atomic E-state index is -2.87. The second-order valence-electron chi connectivity index (χ2n) is 11.0. The molecule has 10 nitrogen and oxygen atoms in total. The van der Waals surface area contributed by atoms with Crippen LogP contribution in [-0.4, -0.2) is 50.9 Å². The van der Waals surface area contributed by atoms with E-state index in [-0.39, 0.29) is 29.6 Å². The largest absolute Gasteiger partial charge is 0.351 e. The van der Waals surface area contributed by atoms with Crippen LogP contribution in [0.1, 0.15) is 49.3 Å². The molecule has 3 amide bonds. The van der Waals surface area contributed by atoms with Crippen LogP contribution in [0.2, 0.25) is 5.02 Å². The van der Waals surface area contributed by atoms with Gasteiger partial charge < -0.3 is 5.32 Å². The average Bonchev–Trinajstić information content (AvgIpc) is 3.61. The maximum Gasteiger partial charge on any atom is 0.252 e.